The molecule has 5 heteroatoms. The lowest BCUT2D eigenvalue weighted by Crippen LogP contribution is -1.98. The molecule has 13 rings (SSSR count). The lowest BCUT2D eigenvalue weighted by Gasteiger charge is -2.12. The highest BCUT2D eigenvalue weighted by atomic mass is 15.1. The van der Waals surface area contributed by atoms with Gasteiger partial charge in [0, 0.05) is 50.1 Å². The summed E-state index contributed by atoms with van der Waals surface area (Å²) in [5.41, 5.74) is 15.6. The number of hydrogen-bond acceptors (Lipinski definition) is 3. The van der Waals surface area contributed by atoms with E-state index in [0.717, 1.165) is 72.7 Å². The Hall–Kier alpha value is -8.67. The lowest BCUT2D eigenvalue weighted by molar-refractivity contribution is 1.08. The minimum absolute atomic E-state index is 0.837. The smallest absolute Gasteiger partial charge is 0.137 e. The van der Waals surface area contributed by atoms with E-state index in [0.29, 0.717) is 0 Å². The maximum atomic E-state index is 5.25. The van der Waals surface area contributed by atoms with E-state index in [9.17, 15) is 0 Å². The van der Waals surface area contributed by atoms with Crippen molar-refractivity contribution in [3.8, 4) is 56.3 Å². The molecule has 64 heavy (non-hydrogen) atoms. The summed E-state index contributed by atoms with van der Waals surface area (Å²) in [5, 5.41) is 7.34. The largest absolute Gasteiger partial charge is 0.309 e. The molecular formula is C59H37N5. The average molecular weight is 816 g/mol. The third-order valence-electron chi connectivity index (χ3n) is 12.7. The van der Waals surface area contributed by atoms with Gasteiger partial charge in [0.15, 0.2) is 0 Å². The summed E-state index contributed by atoms with van der Waals surface area (Å²) in [7, 11) is 0. The van der Waals surface area contributed by atoms with Crippen LogP contribution in [0.25, 0.3) is 122 Å². The van der Waals surface area contributed by atoms with Gasteiger partial charge in [-0.25, -0.2) is 15.0 Å². The monoisotopic (exact) mass is 815 g/mol. The number of aromatic nitrogens is 5. The highest BCUT2D eigenvalue weighted by Gasteiger charge is 2.22. The fraction of sp³-hybridized carbons (Fsp3) is 0. The Bertz CT molecular complexity index is 3910. The van der Waals surface area contributed by atoms with Gasteiger partial charge in [-0.15, -0.1) is 0 Å². The summed E-state index contributed by atoms with van der Waals surface area (Å²) in [4.78, 5) is 15.6. The van der Waals surface area contributed by atoms with Gasteiger partial charge in [-0.3, -0.25) is 4.57 Å². The highest BCUT2D eigenvalue weighted by molar-refractivity contribution is 6.27. The second kappa shape index (κ2) is 14.5. The molecule has 0 amide bonds. The number of rotatable bonds is 6. The van der Waals surface area contributed by atoms with E-state index in [4.69, 9.17) is 15.0 Å². The fourth-order valence-electron chi connectivity index (χ4n) is 9.82. The first kappa shape index (κ1) is 36.0. The number of pyridine rings is 1. The summed E-state index contributed by atoms with van der Waals surface area (Å²) < 4.78 is 4.76. The molecule has 0 fully saturated rings. The molecule has 0 N–H and O–H groups in total. The maximum Gasteiger partial charge on any atom is 0.137 e. The van der Waals surface area contributed by atoms with E-state index >= 15 is 0 Å². The van der Waals surface area contributed by atoms with E-state index in [-0.39, 0.29) is 0 Å². The lowest BCUT2D eigenvalue weighted by atomic mass is 9.94. The van der Waals surface area contributed by atoms with Crippen molar-refractivity contribution < 1.29 is 0 Å². The summed E-state index contributed by atoms with van der Waals surface area (Å²) in [6.45, 7) is 0. The highest BCUT2D eigenvalue weighted by Crippen LogP contribution is 2.44. The van der Waals surface area contributed by atoms with Gasteiger partial charge < -0.3 is 4.57 Å². The van der Waals surface area contributed by atoms with Crippen LogP contribution >= 0.6 is 0 Å². The van der Waals surface area contributed by atoms with Crippen LogP contribution in [0.3, 0.4) is 0 Å². The average Bonchev–Trinajstić information content (AvgIpc) is 3.87. The van der Waals surface area contributed by atoms with Crippen molar-refractivity contribution in [3.05, 3.63) is 225 Å². The normalized spacial score (nSPS) is 11.8. The standard InChI is InChI=1S/C59H37N5/c1-5-17-38(18-6-1)47-35-55-57(46-27-14-13-25-44(46)47)49-34-48-45-26-15-16-28-52(45)64(53(48)36-54(49)63(55)43-23-11-4-12-24-43)56-32-30-42(37-60-56)41-29-31-50-51(33-41)62-59(40-21-9-3-10-22-40)58(61-50)39-19-7-2-8-20-39/h1-37H. The minimum Gasteiger partial charge on any atom is -0.309 e. The Kier molecular flexibility index (Phi) is 8.15. The van der Waals surface area contributed by atoms with Gasteiger partial charge in [0.25, 0.3) is 0 Å². The minimum atomic E-state index is 0.837. The molecule has 13 aromatic rings. The van der Waals surface area contributed by atoms with Crippen molar-refractivity contribution in [2.75, 3.05) is 0 Å². The molecule has 4 heterocycles. The van der Waals surface area contributed by atoms with Gasteiger partial charge in [-0.1, -0.05) is 158 Å². The fourth-order valence-corrected chi connectivity index (χ4v) is 9.82. The van der Waals surface area contributed by atoms with E-state index in [1.807, 2.05) is 42.6 Å². The Balaban J connectivity index is 0.994. The van der Waals surface area contributed by atoms with Crippen LogP contribution in [0.4, 0.5) is 0 Å². The van der Waals surface area contributed by atoms with Gasteiger partial charge >= 0.3 is 0 Å². The number of nitrogens with zero attached hydrogens (tertiary/aromatic N) is 5. The van der Waals surface area contributed by atoms with E-state index in [1.54, 1.807) is 0 Å². The second-order valence-electron chi connectivity index (χ2n) is 16.4. The molecule has 0 aliphatic heterocycles. The first-order valence-corrected chi connectivity index (χ1v) is 21.7. The van der Waals surface area contributed by atoms with Crippen LogP contribution in [0, 0.1) is 0 Å². The molecule has 0 aliphatic rings. The molecule has 0 atom stereocenters. The maximum absolute atomic E-state index is 5.25. The van der Waals surface area contributed by atoms with Crippen LogP contribution in [0.15, 0.2) is 225 Å². The SMILES string of the molecule is c1ccc(-c2nc3ccc(-c4ccc(-n5c6ccccc6c6cc7c8c9ccccc9c(-c9ccccc9)cc8n(-c8ccccc8)c7cc65)nc4)cc3nc2-c2ccccc2)cc1. The molecule has 0 saturated carbocycles. The van der Waals surface area contributed by atoms with Gasteiger partial charge in [0.05, 0.1) is 44.5 Å². The van der Waals surface area contributed by atoms with Crippen LogP contribution in [-0.4, -0.2) is 24.1 Å². The first-order chi connectivity index (χ1) is 31.7. The Labute approximate surface area is 368 Å². The van der Waals surface area contributed by atoms with Gasteiger partial charge in [-0.05, 0) is 88.1 Å². The Morgan fingerprint density at radius 2 is 0.891 bits per heavy atom. The van der Waals surface area contributed by atoms with E-state index in [2.05, 4.69) is 191 Å². The van der Waals surface area contributed by atoms with Crippen molar-refractivity contribution in [2.24, 2.45) is 0 Å². The molecule has 4 aromatic heterocycles. The molecule has 0 radical (unpaired) electrons. The zero-order chi connectivity index (χ0) is 42.1. The summed E-state index contributed by atoms with van der Waals surface area (Å²) >= 11 is 0. The Morgan fingerprint density at radius 3 is 1.58 bits per heavy atom. The molecular weight excluding hydrogens is 779 g/mol. The summed E-state index contributed by atoms with van der Waals surface area (Å²) in [5.74, 6) is 0.855. The molecule has 0 bridgehead atoms. The van der Waals surface area contributed by atoms with E-state index < -0.39 is 0 Å². The molecule has 0 saturated heterocycles. The summed E-state index contributed by atoms with van der Waals surface area (Å²) in [6, 6.07) is 77.5. The number of benzene rings is 9. The van der Waals surface area contributed by atoms with Crippen molar-refractivity contribution in [3.63, 3.8) is 0 Å². The number of hydrogen-bond donors (Lipinski definition) is 0. The third kappa shape index (κ3) is 5.68. The molecule has 5 nitrogen and oxygen atoms in total. The van der Waals surface area contributed by atoms with Gasteiger partial charge in [0.1, 0.15) is 5.82 Å². The van der Waals surface area contributed by atoms with Crippen LogP contribution < -0.4 is 0 Å². The van der Waals surface area contributed by atoms with Crippen molar-refractivity contribution in [1.82, 2.24) is 24.1 Å². The topological polar surface area (TPSA) is 48.5 Å². The van der Waals surface area contributed by atoms with Crippen LogP contribution in [0.5, 0.6) is 0 Å². The number of para-hydroxylation sites is 2. The van der Waals surface area contributed by atoms with Crippen molar-refractivity contribution in [1.29, 1.82) is 0 Å². The molecule has 298 valence electrons. The first-order valence-electron chi connectivity index (χ1n) is 21.7. The van der Waals surface area contributed by atoms with Crippen LogP contribution in [0.2, 0.25) is 0 Å². The molecule has 0 aliphatic carbocycles. The van der Waals surface area contributed by atoms with Crippen molar-refractivity contribution in [2.45, 2.75) is 0 Å². The third-order valence-corrected chi connectivity index (χ3v) is 12.7. The quantitative estimate of drug-likeness (QED) is 0.168. The Morgan fingerprint density at radius 1 is 0.312 bits per heavy atom. The van der Waals surface area contributed by atoms with Crippen LogP contribution in [-0.2, 0) is 0 Å². The van der Waals surface area contributed by atoms with Crippen LogP contribution in [0.1, 0.15) is 0 Å². The van der Waals surface area contributed by atoms with Crippen molar-refractivity contribution >= 4 is 65.4 Å². The van der Waals surface area contributed by atoms with Gasteiger partial charge in [0.2, 0.25) is 0 Å². The predicted molar refractivity (Wildman–Crippen MR) is 265 cm³/mol. The molecule has 9 aromatic carbocycles. The molecule has 0 unspecified atom stereocenters. The summed E-state index contributed by atoms with van der Waals surface area (Å²) in [6.07, 6.45) is 1.98. The predicted octanol–water partition coefficient (Wildman–Crippen LogP) is 15.0. The van der Waals surface area contributed by atoms with Gasteiger partial charge in [-0.2, -0.15) is 0 Å². The zero-order valence-corrected chi connectivity index (χ0v) is 34.6. The molecule has 0 spiro atoms. The second-order valence-corrected chi connectivity index (χ2v) is 16.4. The zero-order valence-electron chi connectivity index (χ0n) is 34.6. The van der Waals surface area contributed by atoms with E-state index in [1.165, 1.54) is 49.0 Å². The number of fused-ring (bicyclic) bond motifs is 9.